The predicted molar refractivity (Wildman–Crippen MR) is 57.2 cm³/mol. The molecule has 18 heavy (non-hydrogen) atoms. The standard InChI is InChI=1S/C12H13F3O3/c13-12(14,15)10-5-8(6-16)1-2-11(10)18-9-3-4-17-7-9/h1-2,5,9,16H,3-4,6-7H2. The number of hydrogen-bond donors (Lipinski definition) is 1. The maximum Gasteiger partial charge on any atom is 0.419 e. The molecule has 6 heteroatoms. The van der Waals surface area contributed by atoms with E-state index in [-0.39, 0.29) is 17.4 Å². The zero-order valence-electron chi connectivity index (χ0n) is 9.54. The summed E-state index contributed by atoms with van der Waals surface area (Å²) in [4.78, 5) is 0. The molecule has 100 valence electrons. The van der Waals surface area contributed by atoms with Gasteiger partial charge in [-0.25, -0.2) is 0 Å². The monoisotopic (exact) mass is 262 g/mol. The third kappa shape index (κ3) is 2.94. The molecule has 1 saturated heterocycles. The highest BCUT2D eigenvalue weighted by Gasteiger charge is 2.35. The summed E-state index contributed by atoms with van der Waals surface area (Å²) >= 11 is 0. The van der Waals surface area contributed by atoms with Gasteiger partial charge in [0.15, 0.2) is 0 Å². The van der Waals surface area contributed by atoms with Crippen LogP contribution in [0.2, 0.25) is 0 Å². The van der Waals surface area contributed by atoms with Crippen LogP contribution >= 0.6 is 0 Å². The summed E-state index contributed by atoms with van der Waals surface area (Å²) in [5.41, 5.74) is -0.654. The number of rotatable bonds is 3. The molecule has 1 unspecified atom stereocenters. The lowest BCUT2D eigenvalue weighted by atomic mass is 10.1. The molecule has 1 fully saturated rings. The van der Waals surface area contributed by atoms with Crippen molar-refractivity contribution in [1.29, 1.82) is 0 Å². The van der Waals surface area contributed by atoms with Crippen LogP contribution in [-0.4, -0.2) is 24.4 Å². The molecular weight excluding hydrogens is 249 g/mol. The number of benzene rings is 1. The van der Waals surface area contributed by atoms with E-state index in [2.05, 4.69) is 0 Å². The normalized spacial score (nSPS) is 20.1. The molecule has 0 saturated carbocycles. The first-order valence-corrected chi connectivity index (χ1v) is 5.56. The summed E-state index contributed by atoms with van der Waals surface area (Å²) in [5, 5.41) is 8.87. The van der Waals surface area contributed by atoms with Crippen LogP contribution in [0.25, 0.3) is 0 Å². The van der Waals surface area contributed by atoms with E-state index in [1.54, 1.807) is 0 Å². The average molecular weight is 262 g/mol. The van der Waals surface area contributed by atoms with Gasteiger partial charge in [-0.2, -0.15) is 13.2 Å². The third-order valence-electron chi connectivity index (χ3n) is 2.71. The molecule has 2 rings (SSSR count). The second kappa shape index (κ2) is 5.16. The number of ether oxygens (including phenoxy) is 2. The Balaban J connectivity index is 2.27. The van der Waals surface area contributed by atoms with Crippen molar-refractivity contribution in [3.63, 3.8) is 0 Å². The predicted octanol–water partition coefficient (Wildman–Crippen LogP) is 2.37. The first-order chi connectivity index (χ1) is 8.50. The second-order valence-corrected chi connectivity index (χ2v) is 4.09. The quantitative estimate of drug-likeness (QED) is 0.908. The van der Waals surface area contributed by atoms with Gasteiger partial charge in [-0.05, 0) is 17.7 Å². The summed E-state index contributed by atoms with van der Waals surface area (Å²) < 4.78 is 48.9. The van der Waals surface area contributed by atoms with Crippen LogP contribution in [-0.2, 0) is 17.5 Å². The van der Waals surface area contributed by atoms with Gasteiger partial charge in [0.05, 0.1) is 25.4 Å². The van der Waals surface area contributed by atoms with Crippen LogP contribution in [0.5, 0.6) is 5.75 Å². The Hall–Kier alpha value is -1.27. The van der Waals surface area contributed by atoms with Crippen molar-refractivity contribution in [1.82, 2.24) is 0 Å². The van der Waals surface area contributed by atoms with Crippen LogP contribution in [0.1, 0.15) is 17.5 Å². The van der Waals surface area contributed by atoms with Crippen molar-refractivity contribution in [2.45, 2.75) is 25.3 Å². The molecule has 0 amide bonds. The molecule has 1 aliphatic heterocycles. The van der Waals surface area contributed by atoms with Gasteiger partial charge < -0.3 is 14.6 Å². The lowest BCUT2D eigenvalue weighted by molar-refractivity contribution is -0.139. The minimum atomic E-state index is -4.50. The average Bonchev–Trinajstić information content (AvgIpc) is 2.81. The van der Waals surface area contributed by atoms with Gasteiger partial charge in [-0.15, -0.1) is 0 Å². The number of aliphatic hydroxyl groups is 1. The van der Waals surface area contributed by atoms with Gasteiger partial charge in [0.25, 0.3) is 0 Å². The Labute approximate surface area is 102 Å². The van der Waals surface area contributed by atoms with Crippen molar-refractivity contribution in [2.24, 2.45) is 0 Å². The van der Waals surface area contributed by atoms with E-state index < -0.39 is 18.3 Å². The van der Waals surface area contributed by atoms with Crippen molar-refractivity contribution < 1.29 is 27.8 Å². The molecule has 0 bridgehead atoms. The summed E-state index contributed by atoms with van der Waals surface area (Å²) in [7, 11) is 0. The largest absolute Gasteiger partial charge is 0.487 e. The summed E-state index contributed by atoms with van der Waals surface area (Å²) in [5.74, 6) is -0.213. The lowest BCUT2D eigenvalue weighted by Crippen LogP contribution is -2.19. The molecule has 3 nitrogen and oxygen atoms in total. The van der Waals surface area contributed by atoms with E-state index >= 15 is 0 Å². The second-order valence-electron chi connectivity index (χ2n) is 4.09. The van der Waals surface area contributed by atoms with Gasteiger partial charge in [0, 0.05) is 6.42 Å². The molecule has 1 aromatic carbocycles. The van der Waals surface area contributed by atoms with Crippen LogP contribution in [0.4, 0.5) is 13.2 Å². The molecule has 0 aliphatic carbocycles. The molecule has 0 spiro atoms. The van der Waals surface area contributed by atoms with Crippen LogP contribution in [0, 0.1) is 0 Å². The van der Waals surface area contributed by atoms with E-state index in [9.17, 15) is 13.2 Å². The van der Waals surface area contributed by atoms with Gasteiger partial charge in [0.2, 0.25) is 0 Å². The maximum absolute atomic E-state index is 12.8. The van der Waals surface area contributed by atoms with Gasteiger partial charge >= 0.3 is 6.18 Å². The SMILES string of the molecule is OCc1ccc(OC2CCOC2)c(C(F)(F)F)c1. The van der Waals surface area contributed by atoms with Crippen molar-refractivity contribution in [3.8, 4) is 5.75 Å². The minimum Gasteiger partial charge on any atom is -0.487 e. The maximum atomic E-state index is 12.8. The highest BCUT2D eigenvalue weighted by molar-refractivity contribution is 5.39. The fraction of sp³-hybridized carbons (Fsp3) is 0.500. The fourth-order valence-electron chi connectivity index (χ4n) is 1.79. The lowest BCUT2D eigenvalue weighted by Gasteiger charge is -2.18. The summed E-state index contributed by atoms with van der Waals surface area (Å²) in [6, 6.07) is 3.57. The number of hydrogen-bond acceptors (Lipinski definition) is 3. The van der Waals surface area contributed by atoms with Gasteiger partial charge in [0.1, 0.15) is 11.9 Å². The van der Waals surface area contributed by atoms with E-state index in [1.807, 2.05) is 0 Å². The first-order valence-electron chi connectivity index (χ1n) is 5.56. The van der Waals surface area contributed by atoms with E-state index in [0.29, 0.717) is 19.6 Å². The van der Waals surface area contributed by atoms with Crippen LogP contribution in [0.3, 0.4) is 0 Å². The van der Waals surface area contributed by atoms with Crippen LogP contribution < -0.4 is 4.74 Å². The Morgan fingerprint density at radius 1 is 1.39 bits per heavy atom. The Morgan fingerprint density at radius 3 is 2.72 bits per heavy atom. The molecule has 1 aromatic rings. The Morgan fingerprint density at radius 2 is 2.17 bits per heavy atom. The molecule has 0 aromatic heterocycles. The molecular formula is C12H13F3O3. The Kier molecular flexibility index (Phi) is 3.77. The van der Waals surface area contributed by atoms with E-state index in [4.69, 9.17) is 14.6 Å². The smallest absolute Gasteiger partial charge is 0.419 e. The molecule has 1 atom stereocenters. The number of aliphatic hydroxyl groups excluding tert-OH is 1. The van der Waals surface area contributed by atoms with Crippen molar-refractivity contribution >= 4 is 0 Å². The highest BCUT2D eigenvalue weighted by atomic mass is 19.4. The van der Waals surface area contributed by atoms with Gasteiger partial charge in [-0.1, -0.05) is 6.07 Å². The summed E-state index contributed by atoms with van der Waals surface area (Å²) in [6.45, 7) is 0.371. The van der Waals surface area contributed by atoms with E-state index in [1.165, 1.54) is 12.1 Å². The molecule has 1 aliphatic rings. The van der Waals surface area contributed by atoms with Crippen molar-refractivity contribution in [3.05, 3.63) is 29.3 Å². The topological polar surface area (TPSA) is 38.7 Å². The van der Waals surface area contributed by atoms with Crippen molar-refractivity contribution in [2.75, 3.05) is 13.2 Å². The Bertz CT molecular complexity index is 412. The fourth-order valence-corrected chi connectivity index (χ4v) is 1.79. The highest BCUT2D eigenvalue weighted by Crippen LogP contribution is 2.37. The third-order valence-corrected chi connectivity index (χ3v) is 2.71. The van der Waals surface area contributed by atoms with Gasteiger partial charge in [-0.3, -0.25) is 0 Å². The zero-order chi connectivity index (χ0) is 13.2. The summed E-state index contributed by atoms with van der Waals surface area (Å²) in [6.07, 6.45) is -4.26. The molecule has 1 heterocycles. The first kappa shape index (κ1) is 13.2. The van der Waals surface area contributed by atoms with E-state index in [0.717, 1.165) is 6.07 Å². The molecule has 0 radical (unpaired) electrons. The minimum absolute atomic E-state index is 0.206. The zero-order valence-corrected chi connectivity index (χ0v) is 9.54. The number of halogens is 3. The molecule has 1 N–H and O–H groups in total. The van der Waals surface area contributed by atoms with Crippen LogP contribution in [0.15, 0.2) is 18.2 Å². The number of alkyl halides is 3.